The first-order chi connectivity index (χ1) is 10.9. The van der Waals surface area contributed by atoms with E-state index in [1.54, 1.807) is 30.4 Å². The van der Waals surface area contributed by atoms with E-state index in [2.05, 4.69) is 18.6 Å². The molecule has 0 amide bonds. The van der Waals surface area contributed by atoms with E-state index < -0.39 is 0 Å². The average Bonchev–Trinajstić information content (AvgIpc) is 3.05. The van der Waals surface area contributed by atoms with Gasteiger partial charge in [-0.1, -0.05) is 42.6 Å². The molecule has 0 spiro atoms. The molecule has 5 fully saturated rings. The molecule has 0 heteroatoms. The van der Waals surface area contributed by atoms with Crippen molar-refractivity contribution >= 4 is 0 Å². The molecule has 22 heavy (non-hydrogen) atoms. The molecule has 0 aromatic heterocycles. The van der Waals surface area contributed by atoms with Crippen molar-refractivity contribution in [1.82, 2.24) is 0 Å². The Morgan fingerprint density at radius 2 is 1.68 bits per heavy atom. The zero-order valence-electron chi connectivity index (χ0n) is 13.7. The van der Waals surface area contributed by atoms with Gasteiger partial charge in [0, 0.05) is 0 Å². The Morgan fingerprint density at radius 3 is 2.59 bits per heavy atom. The van der Waals surface area contributed by atoms with Crippen molar-refractivity contribution in [2.45, 2.75) is 57.8 Å². The molecule has 8 atom stereocenters. The van der Waals surface area contributed by atoms with Crippen LogP contribution in [0.1, 0.15) is 57.8 Å². The van der Waals surface area contributed by atoms with Gasteiger partial charge in [-0.15, -0.1) is 0 Å². The lowest BCUT2D eigenvalue weighted by atomic mass is 9.47. The maximum atomic E-state index is 2.72. The number of allylic oxidation sites excluding steroid dienone is 4. The summed E-state index contributed by atoms with van der Waals surface area (Å²) in [5.41, 5.74) is 3.55. The number of fused-ring (bicyclic) bond motifs is 7. The monoisotopic (exact) mass is 293 g/mol. The third-order valence-corrected chi connectivity index (χ3v) is 8.79. The number of hydrogen-bond acceptors (Lipinski definition) is 0. The lowest BCUT2D eigenvalue weighted by Crippen LogP contribution is -2.48. The zero-order valence-corrected chi connectivity index (χ0v) is 13.7. The van der Waals surface area contributed by atoms with Crippen molar-refractivity contribution in [3.8, 4) is 0 Å². The van der Waals surface area contributed by atoms with Gasteiger partial charge in [0.15, 0.2) is 0 Å². The molecule has 0 aromatic rings. The summed E-state index contributed by atoms with van der Waals surface area (Å²) in [7, 11) is 0. The third-order valence-electron chi connectivity index (χ3n) is 8.79. The zero-order chi connectivity index (χ0) is 14.3. The summed E-state index contributed by atoms with van der Waals surface area (Å²) in [5.74, 6) is 8.31. The van der Waals surface area contributed by atoms with Crippen molar-refractivity contribution in [2.24, 2.45) is 47.3 Å². The topological polar surface area (TPSA) is 0 Å². The van der Waals surface area contributed by atoms with E-state index in [9.17, 15) is 0 Å². The SMILES string of the molecule is [CH]1C(C2CC3CC4CCCCC4C3C2)=CC=C2C1C1CCC21. The van der Waals surface area contributed by atoms with E-state index in [1.165, 1.54) is 38.5 Å². The normalized spacial score (nSPS) is 54.9. The highest BCUT2D eigenvalue weighted by molar-refractivity contribution is 5.44. The van der Waals surface area contributed by atoms with E-state index >= 15 is 0 Å². The molecule has 0 N–H and O–H groups in total. The fourth-order valence-electron chi connectivity index (χ4n) is 7.63. The number of rotatable bonds is 1. The minimum absolute atomic E-state index is 0.876. The van der Waals surface area contributed by atoms with Gasteiger partial charge < -0.3 is 0 Å². The van der Waals surface area contributed by atoms with Crippen LogP contribution >= 0.6 is 0 Å². The predicted octanol–water partition coefficient (Wildman–Crippen LogP) is 5.57. The lowest BCUT2D eigenvalue weighted by molar-refractivity contribution is 0.0737. The van der Waals surface area contributed by atoms with Crippen molar-refractivity contribution < 1.29 is 0 Å². The summed E-state index contributed by atoms with van der Waals surface area (Å²) in [6.07, 6.45) is 21.6. The van der Waals surface area contributed by atoms with Crippen LogP contribution in [-0.4, -0.2) is 0 Å². The molecule has 0 bridgehead atoms. The first-order valence-electron chi connectivity index (χ1n) is 10.1. The molecular formula is C22H29. The summed E-state index contributed by atoms with van der Waals surface area (Å²) in [4.78, 5) is 0. The molecule has 0 saturated heterocycles. The molecular weight excluding hydrogens is 264 g/mol. The Morgan fingerprint density at radius 1 is 0.727 bits per heavy atom. The first-order valence-corrected chi connectivity index (χ1v) is 10.1. The van der Waals surface area contributed by atoms with Gasteiger partial charge in [-0.25, -0.2) is 0 Å². The standard InChI is InChI=1S/C22H29/c1-2-4-17-14(3-1)9-16-10-15(12-21(16)17)13-5-6-19-18-7-8-20(18)22(19)11-13/h5-6,11,14-18,20-22H,1-4,7-10,12H2. The van der Waals surface area contributed by atoms with Crippen LogP contribution < -0.4 is 0 Å². The highest BCUT2D eigenvalue weighted by atomic mass is 14.6. The van der Waals surface area contributed by atoms with Gasteiger partial charge in [-0.2, -0.15) is 0 Å². The van der Waals surface area contributed by atoms with Gasteiger partial charge in [0.25, 0.3) is 0 Å². The van der Waals surface area contributed by atoms with Crippen LogP contribution in [0.25, 0.3) is 0 Å². The minimum Gasteiger partial charge on any atom is -0.0628 e. The molecule has 0 aliphatic heterocycles. The highest BCUT2D eigenvalue weighted by Gasteiger charge is 2.53. The van der Waals surface area contributed by atoms with Crippen molar-refractivity contribution in [1.29, 1.82) is 0 Å². The van der Waals surface area contributed by atoms with Gasteiger partial charge in [0.1, 0.15) is 0 Å². The Kier molecular flexibility index (Phi) is 2.64. The van der Waals surface area contributed by atoms with Crippen LogP contribution in [0.4, 0.5) is 0 Å². The molecule has 1 radical (unpaired) electrons. The molecule has 0 heterocycles. The fraction of sp³-hybridized carbons (Fsp3) is 0.773. The lowest BCUT2D eigenvalue weighted by Gasteiger charge is -2.57. The smallest absolute Gasteiger partial charge is 0.00569 e. The van der Waals surface area contributed by atoms with E-state index in [4.69, 9.17) is 0 Å². The van der Waals surface area contributed by atoms with Crippen LogP contribution in [0.3, 0.4) is 0 Å². The molecule has 6 aliphatic carbocycles. The summed E-state index contributed by atoms with van der Waals surface area (Å²) in [5, 5.41) is 0. The molecule has 6 aliphatic rings. The minimum atomic E-state index is 0.876. The molecule has 117 valence electrons. The average molecular weight is 293 g/mol. The van der Waals surface area contributed by atoms with E-state index in [0.29, 0.717) is 0 Å². The highest BCUT2D eigenvalue weighted by Crippen LogP contribution is 2.63. The van der Waals surface area contributed by atoms with Gasteiger partial charge >= 0.3 is 0 Å². The third kappa shape index (κ3) is 1.60. The quantitative estimate of drug-likeness (QED) is 0.593. The fourth-order valence-corrected chi connectivity index (χ4v) is 7.63. The molecule has 5 saturated carbocycles. The second-order valence-corrected chi connectivity index (χ2v) is 9.41. The van der Waals surface area contributed by atoms with Gasteiger partial charge in [-0.05, 0) is 92.3 Å². The van der Waals surface area contributed by atoms with Crippen molar-refractivity contribution in [3.05, 3.63) is 29.7 Å². The Bertz CT molecular complexity index is 552. The Balaban J connectivity index is 1.20. The molecule has 0 aromatic carbocycles. The van der Waals surface area contributed by atoms with E-state index in [1.807, 2.05) is 0 Å². The van der Waals surface area contributed by atoms with Crippen LogP contribution in [0, 0.1) is 53.8 Å². The van der Waals surface area contributed by atoms with Crippen LogP contribution in [-0.2, 0) is 0 Å². The van der Waals surface area contributed by atoms with Gasteiger partial charge in [0.05, 0.1) is 0 Å². The second kappa shape index (κ2) is 4.52. The summed E-state index contributed by atoms with van der Waals surface area (Å²) < 4.78 is 0. The predicted molar refractivity (Wildman–Crippen MR) is 89.9 cm³/mol. The van der Waals surface area contributed by atoms with Crippen molar-refractivity contribution in [2.75, 3.05) is 0 Å². The van der Waals surface area contributed by atoms with E-state index in [-0.39, 0.29) is 0 Å². The number of hydrogen-bond donors (Lipinski definition) is 0. The van der Waals surface area contributed by atoms with Crippen LogP contribution in [0.15, 0.2) is 23.3 Å². The molecule has 6 rings (SSSR count). The van der Waals surface area contributed by atoms with Gasteiger partial charge in [0.2, 0.25) is 0 Å². The van der Waals surface area contributed by atoms with Crippen LogP contribution in [0.5, 0.6) is 0 Å². The second-order valence-electron chi connectivity index (χ2n) is 9.41. The van der Waals surface area contributed by atoms with E-state index in [0.717, 1.165) is 47.3 Å². The van der Waals surface area contributed by atoms with Crippen LogP contribution in [0.2, 0.25) is 0 Å². The maximum Gasteiger partial charge on any atom is -0.00569 e. The molecule has 0 nitrogen and oxygen atoms in total. The summed E-state index contributed by atoms with van der Waals surface area (Å²) in [6.45, 7) is 0. The van der Waals surface area contributed by atoms with Crippen molar-refractivity contribution in [3.63, 3.8) is 0 Å². The molecule has 8 unspecified atom stereocenters. The Hall–Kier alpha value is -0.520. The summed E-state index contributed by atoms with van der Waals surface area (Å²) in [6, 6.07) is 0. The Labute approximate surface area is 135 Å². The maximum absolute atomic E-state index is 2.72. The largest absolute Gasteiger partial charge is 0.0628 e. The van der Waals surface area contributed by atoms with Gasteiger partial charge in [-0.3, -0.25) is 0 Å². The first kappa shape index (κ1) is 12.8. The summed E-state index contributed by atoms with van der Waals surface area (Å²) >= 11 is 0.